The number of amides is 1. The monoisotopic (exact) mass is 430 g/mol. The first kappa shape index (κ1) is 21.8. The molecular formula is C20H26N6O3S. The number of hydrogen-bond donors (Lipinski definition) is 1. The summed E-state index contributed by atoms with van der Waals surface area (Å²) in [7, 11) is 0. The second kappa shape index (κ2) is 8.10. The van der Waals surface area contributed by atoms with E-state index in [0.29, 0.717) is 22.3 Å². The van der Waals surface area contributed by atoms with Gasteiger partial charge < -0.3 is 10.1 Å². The summed E-state index contributed by atoms with van der Waals surface area (Å²) in [5.74, 6) is -0.886. The molecule has 3 rings (SSSR count). The lowest BCUT2D eigenvalue weighted by atomic mass is 10.0. The zero-order valence-electron chi connectivity index (χ0n) is 18.2. The fourth-order valence-corrected chi connectivity index (χ4v) is 3.58. The van der Waals surface area contributed by atoms with Gasteiger partial charge in [-0.25, -0.2) is 14.5 Å². The highest BCUT2D eigenvalue weighted by atomic mass is 32.1. The van der Waals surface area contributed by atoms with Crippen molar-refractivity contribution >= 4 is 39.4 Å². The number of aryl methyl sites for hydroxylation is 1. The third kappa shape index (κ3) is 4.04. The first-order chi connectivity index (χ1) is 14.0. The minimum atomic E-state index is -0.624. The molecule has 0 aromatic carbocycles. The van der Waals surface area contributed by atoms with E-state index in [1.54, 1.807) is 13.0 Å². The molecular weight excluding hydrogens is 404 g/mol. The van der Waals surface area contributed by atoms with Crippen LogP contribution < -0.4 is 5.32 Å². The lowest BCUT2D eigenvalue weighted by molar-refractivity contribution is 0.0520. The molecule has 0 spiro atoms. The van der Waals surface area contributed by atoms with Crippen LogP contribution >= 0.6 is 11.5 Å². The topological polar surface area (TPSA) is 112 Å². The van der Waals surface area contributed by atoms with Crippen LogP contribution in [0.5, 0.6) is 0 Å². The van der Waals surface area contributed by atoms with E-state index in [1.807, 2.05) is 46.2 Å². The predicted molar refractivity (Wildman–Crippen MR) is 115 cm³/mol. The molecule has 0 fully saturated rings. The number of ether oxygens (including phenoxy) is 1. The van der Waals surface area contributed by atoms with E-state index in [1.165, 1.54) is 0 Å². The van der Waals surface area contributed by atoms with Gasteiger partial charge in [-0.2, -0.15) is 5.10 Å². The number of fused-ring (bicyclic) bond motifs is 1. The molecule has 0 aliphatic rings. The largest absolute Gasteiger partial charge is 0.461 e. The van der Waals surface area contributed by atoms with E-state index in [2.05, 4.69) is 20.0 Å². The Kier molecular flexibility index (Phi) is 5.89. The molecule has 3 aromatic rings. The summed E-state index contributed by atoms with van der Waals surface area (Å²) in [4.78, 5) is 30.1. The van der Waals surface area contributed by atoms with Gasteiger partial charge in [0.05, 0.1) is 28.8 Å². The van der Waals surface area contributed by atoms with Crippen molar-refractivity contribution in [2.75, 3.05) is 11.9 Å². The Hall–Kier alpha value is -2.88. The van der Waals surface area contributed by atoms with Crippen molar-refractivity contribution in [1.29, 1.82) is 0 Å². The van der Waals surface area contributed by atoms with Crippen LogP contribution in [0.4, 0.5) is 5.00 Å². The van der Waals surface area contributed by atoms with Gasteiger partial charge in [0.2, 0.25) is 5.69 Å². The average Bonchev–Trinajstić information content (AvgIpc) is 3.25. The molecule has 1 N–H and O–H groups in total. The molecule has 1 amide bonds. The Morgan fingerprint density at radius 3 is 2.60 bits per heavy atom. The number of hydrogen-bond acceptors (Lipinski definition) is 8. The molecule has 0 saturated carbocycles. The zero-order valence-corrected chi connectivity index (χ0v) is 19.0. The molecule has 10 heteroatoms. The summed E-state index contributed by atoms with van der Waals surface area (Å²) in [5.41, 5.74) is 2.28. The predicted octanol–water partition coefficient (Wildman–Crippen LogP) is 3.90. The lowest BCUT2D eigenvalue weighted by Crippen LogP contribution is -2.24. The molecule has 3 aromatic heterocycles. The molecule has 0 saturated heterocycles. The van der Waals surface area contributed by atoms with Gasteiger partial charge in [-0.05, 0) is 46.6 Å². The summed E-state index contributed by atoms with van der Waals surface area (Å²) >= 11 is 0.926. The molecule has 30 heavy (non-hydrogen) atoms. The maximum absolute atomic E-state index is 13.3. The summed E-state index contributed by atoms with van der Waals surface area (Å²) < 4.78 is 10.6. The van der Waals surface area contributed by atoms with Gasteiger partial charge in [0, 0.05) is 17.2 Å². The van der Waals surface area contributed by atoms with Crippen LogP contribution in [0, 0.1) is 6.92 Å². The summed E-state index contributed by atoms with van der Waals surface area (Å²) in [5, 5.41) is 12.1. The van der Waals surface area contributed by atoms with Crippen molar-refractivity contribution < 1.29 is 14.3 Å². The van der Waals surface area contributed by atoms with E-state index in [9.17, 15) is 9.59 Å². The number of carbonyl (C=O) groups excluding carboxylic acids is 2. The van der Waals surface area contributed by atoms with Crippen LogP contribution in [0.15, 0.2) is 6.07 Å². The standard InChI is InChI=1S/C20H26N6O3S/c1-8-29-19(28)15-18(30-25-23-15)22-17(27)12-9-13(10(2)3)21-16-14(12)11(4)24-26(16)20(5,6)7/h9-10H,8H2,1-7H3,(H,22,27). The molecule has 9 nitrogen and oxygen atoms in total. The van der Waals surface area contributed by atoms with Crippen LogP contribution in [-0.2, 0) is 10.3 Å². The van der Waals surface area contributed by atoms with E-state index in [0.717, 1.165) is 17.2 Å². The maximum Gasteiger partial charge on any atom is 0.362 e. The van der Waals surface area contributed by atoms with Crippen molar-refractivity contribution in [3.63, 3.8) is 0 Å². The van der Waals surface area contributed by atoms with Crippen LogP contribution in [-0.4, -0.2) is 42.8 Å². The number of rotatable bonds is 5. The maximum atomic E-state index is 13.3. The molecule has 0 aliphatic heterocycles. The average molecular weight is 431 g/mol. The molecule has 160 valence electrons. The Morgan fingerprint density at radius 2 is 2.00 bits per heavy atom. The minimum absolute atomic E-state index is 0.00769. The van der Waals surface area contributed by atoms with Gasteiger partial charge in [-0.1, -0.05) is 18.3 Å². The fourth-order valence-electron chi connectivity index (χ4n) is 3.03. The third-order valence-electron chi connectivity index (χ3n) is 4.49. The second-order valence-corrected chi connectivity index (χ2v) is 9.00. The number of nitrogens with zero attached hydrogens (tertiary/aromatic N) is 5. The Bertz CT molecular complexity index is 1110. The van der Waals surface area contributed by atoms with Gasteiger partial charge in [0.25, 0.3) is 5.91 Å². The van der Waals surface area contributed by atoms with E-state index >= 15 is 0 Å². The second-order valence-electron chi connectivity index (χ2n) is 8.24. The first-order valence-electron chi connectivity index (χ1n) is 9.76. The highest BCUT2D eigenvalue weighted by molar-refractivity contribution is 7.10. The highest BCUT2D eigenvalue weighted by Crippen LogP contribution is 2.30. The number of nitrogens with one attached hydrogen (secondary N) is 1. The SMILES string of the molecule is CCOC(=O)c1nnsc1NC(=O)c1cc(C(C)C)nc2c1c(C)nn2C(C)(C)C. The molecule has 0 aliphatic carbocycles. The van der Waals surface area contributed by atoms with Gasteiger partial charge >= 0.3 is 5.97 Å². The number of pyridine rings is 1. The Labute approximate surface area is 179 Å². The number of aromatic nitrogens is 5. The molecule has 0 unspecified atom stereocenters. The normalized spacial score (nSPS) is 11.9. The van der Waals surface area contributed by atoms with Gasteiger partial charge in [-0.15, -0.1) is 5.10 Å². The molecule has 0 radical (unpaired) electrons. The van der Waals surface area contributed by atoms with E-state index in [-0.39, 0.29) is 34.7 Å². The van der Waals surface area contributed by atoms with Crippen LogP contribution in [0.3, 0.4) is 0 Å². The van der Waals surface area contributed by atoms with Crippen molar-refractivity contribution in [3.8, 4) is 0 Å². The van der Waals surface area contributed by atoms with Crippen molar-refractivity contribution in [2.45, 2.75) is 59.9 Å². The fraction of sp³-hybridized carbons (Fsp3) is 0.500. The first-order valence-corrected chi connectivity index (χ1v) is 10.5. The number of esters is 1. The Balaban J connectivity index is 2.12. The van der Waals surface area contributed by atoms with Crippen LogP contribution in [0.2, 0.25) is 0 Å². The zero-order chi connectivity index (χ0) is 22.2. The number of anilines is 1. The number of carbonyl (C=O) groups is 2. The highest BCUT2D eigenvalue weighted by Gasteiger charge is 2.27. The quantitative estimate of drug-likeness (QED) is 0.611. The lowest BCUT2D eigenvalue weighted by Gasteiger charge is -2.20. The molecule has 0 atom stereocenters. The van der Waals surface area contributed by atoms with Crippen LogP contribution in [0.1, 0.15) is 79.7 Å². The van der Waals surface area contributed by atoms with Gasteiger partial charge in [0.15, 0.2) is 10.6 Å². The smallest absolute Gasteiger partial charge is 0.362 e. The Morgan fingerprint density at radius 1 is 1.30 bits per heavy atom. The van der Waals surface area contributed by atoms with E-state index < -0.39 is 5.97 Å². The summed E-state index contributed by atoms with van der Waals surface area (Å²) in [6, 6.07) is 1.78. The third-order valence-corrected chi connectivity index (χ3v) is 5.13. The van der Waals surface area contributed by atoms with Gasteiger partial charge in [-0.3, -0.25) is 4.79 Å². The summed E-state index contributed by atoms with van der Waals surface area (Å²) in [6.07, 6.45) is 0. The summed E-state index contributed by atoms with van der Waals surface area (Å²) in [6.45, 7) is 13.9. The van der Waals surface area contributed by atoms with E-state index in [4.69, 9.17) is 9.72 Å². The molecule has 0 bridgehead atoms. The van der Waals surface area contributed by atoms with Gasteiger partial charge in [0.1, 0.15) is 0 Å². The minimum Gasteiger partial charge on any atom is -0.461 e. The van der Waals surface area contributed by atoms with Crippen molar-refractivity contribution in [3.05, 3.63) is 28.7 Å². The van der Waals surface area contributed by atoms with Crippen LogP contribution in [0.25, 0.3) is 11.0 Å². The van der Waals surface area contributed by atoms with Crippen molar-refractivity contribution in [1.82, 2.24) is 24.4 Å². The molecule has 3 heterocycles. The van der Waals surface area contributed by atoms with Crippen molar-refractivity contribution in [2.24, 2.45) is 0 Å².